The second-order valence-corrected chi connectivity index (χ2v) is 7.28. The molecule has 1 aromatic rings. The Labute approximate surface area is 151 Å². The SMILES string of the molecule is C=C/C=C\C(C1=CN2C(=NCC2(C)C)C=C1)=C(/C)c1cccc(C)c1. The minimum Gasteiger partial charge on any atom is -0.325 e. The van der Waals surface area contributed by atoms with Crippen molar-refractivity contribution in [1.29, 1.82) is 0 Å². The van der Waals surface area contributed by atoms with Crippen LogP contribution in [0.5, 0.6) is 0 Å². The van der Waals surface area contributed by atoms with Gasteiger partial charge in [-0.15, -0.1) is 0 Å². The minimum atomic E-state index is 0.0237. The van der Waals surface area contributed by atoms with Gasteiger partial charge in [-0.25, -0.2) is 0 Å². The average molecular weight is 330 g/mol. The Balaban J connectivity index is 2.09. The maximum absolute atomic E-state index is 4.64. The van der Waals surface area contributed by atoms with Crippen molar-refractivity contribution in [2.24, 2.45) is 4.99 Å². The van der Waals surface area contributed by atoms with Gasteiger partial charge in [0.1, 0.15) is 5.84 Å². The van der Waals surface area contributed by atoms with E-state index in [-0.39, 0.29) is 5.54 Å². The molecular weight excluding hydrogens is 304 g/mol. The molecule has 25 heavy (non-hydrogen) atoms. The van der Waals surface area contributed by atoms with Gasteiger partial charge in [-0.3, -0.25) is 4.99 Å². The Bertz CT molecular complexity index is 845. The number of nitrogens with zero attached hydrogens (tertiary/aromatic N) is 2. The Kier molecular flexibility index (Phi) is 4.63. The molecule has 0 spiro atoms. The molecule has 0 amide bonds. The molecule has 0 aliphatic carbocycles. The fourth-order valence-electron chi connectivity index (χ4n) is 3.25. The van der Waals surface area contributed by atoms with E-state index in [2.05, 4.69) is 92.9 Å². The number of allylic oxidation sites excluding steroid dienone is 7. The van der Waals surface area contributed by atoms with Crippen LogP contribution < -0.4 is 0 Å². The number of benzene rings is 1. The van der Waals surface area contributed by atoms with E-state index < -0.39 is 0 Å². The quantitative estimate of drug-likeness (QED) is 0.670. The Morgan fingerprint density at radius 1 is 1.28 bits per heavy atom. The highest BCUT2D eigenvalue weighted by atomic mass is 15.3. The number of hydrogen-bond acceptors (Lipinski definition) is 2. The molecule has 1 aromatic carbocycles. The van der Waals surface area contributed by atoms with Gasteiger partial charge in [0.2, 0.25) is 0 Å². The van der Waals surface area contributed by atoms with E-state index >= 15 is 0 Å². The van der Waals surface area contributed by atoms with Gasteiger partial charge in [-0.2, -0.15) is 0 Å². The van der Waals surface area contributed by atoms with Crippen molar-refractivity contribution in [2.75, 3.05) is 6.54 Å². The molecule has 0 bridgehead atoms. The predicted molar refractivity (Wildman–Crippen MR) is 109 cm³/mol. The lowest BCUT2D eigenvalue weighted by Gasteiger charge is -2.33. The van der Waals surface area contributed by atoms with Crippen LogP contribution in [0.25, 0.3) is 5.57 Å². The molecule has 0 saturated carbocycles. The van der Waals surface area contributed by atoms with Crippen molar-refractivity contribution in [1.82, 2.24) is 4.90 Å². The van der Waals surface area contributed by atoms with Gasteiger partial charge < -0.3 is 4.90 Å². The summed E-state index contributed by atoms with van der Waals surface area (Å²) in [5.41, 5.74) is 6.21. The molecule has 0 fully saturated rings. The minimum absolute atomic E-state index is 0.0237. The van der Waals surface area contributed by atoms with Crippen LogP contribution in [0.15, 0.2) is 83.6 Å². The van der Waals surface area contributed by atoms with Crippen LogP contribution in [0.4, 0.5) is 0 Å². The van der Waals surface area contributed by atoms with Crippen molar-refractivity contribution in [3.63, 3.8) is 0 Å². The molecule has 0 N–H and O–H groups in total. The molecular formula is C23H26N2. The van der Waals surface area contributed by atoms with Crippen LogP contribution in [0, 0.1) is 6.92 Å². The van der Waals surface area contributed by atoms with Crippen LogP contribution in [0.1, 0.15) is 31.9 Å². The summed E-state index contributed by atoms with van der Waals surface area (Å²) in [6.07, 6.45) is 12.5. The van der Waals surface area contributed by atoms with Gasteiger partial charge in [0.25, 0.3) is 0 Å². The summed E-state index contributed by atoms with van der Waals surface area (Å²) in [4.78, 5) is 6.93. The van der Waals surface area contributed by atoms with E-state index in [0.29, 0.717) is 0 Å². The van der Waals surface area contributed by atoms with Crippen molar-refractivity contribution in [3.8, 4) is 0 Å². The lowest BCUT2D eigenvalue weighted by Crippen LogP contribution is -2.41. The van der Waals surface area contributed by atoms with Gasteiger partial charge in [-0.1, -0.05) is 54.6 Å². The van der Waals surface area contributed by atoms with E-state index in [1.54, 1.807) is 0 Å². The average Bonchev–Trinajstić information content (AvgIpc) is 2.90. The Morgan fingerprint density at radius 2 is 2.08 bits per heavy atom. The van der Waals surface area contributed by atoms with Crippen LogP contribution in [-0.2, 0) is 0 Å². The summed E-state index contributed by atoms with van der Waals surface area (Å²) in [5, 5.41) is 0. The van der Waals surface area contributed by atoms with Gasteiger partial charge in [0, 0.05) is 6.20 Å². The molecule has 128 valence electrons. The second kappa shape index (κ2) is 6.72. The zero-order chi connectivity index (χ0) is 18.0. The summed E-state index contributed by atoms with van der Waals surface area (Å²) in [6, 6.07) is 8.65. The van der Waals surface area contributed by atoms with Gasteiger partial charge in [-0.05, 0) is 62.1 Å². The Morgan fingerprint density at radius 3 is 2.80 bits per heavy atom. The standard InChI is InChI=1S/C23H26N2/c1-6-7-11-21(18(3)19-10-8-9-17(2)14-19)20-12-13-22-24-16-23(4,5)25(22)15-20/h6-15H,1,16H2,2-5H3/b11-7-,21-18-. The van der Waals surface area contributed by atoms with Crippen molar-refractivity contribution in [3.05, 3.63) is 89.7 Å². The third-order valence-corrected chi connectivity index (χ3v) is 4.77. The first-order chi connectivity index (χ1) is 11.9. The zero-order valence-corrected chi connectivity index (χ0v) is 15.6. The smallest absolute Gasteiger partial charge is 0.128 e. The molecule has 0 saturated heterocycles. The molecule has 3 rings (SSSR count). The summed E-state index contributed by atoms with van der Waals surface area (Å²) in [5.74, 6) is 1.05. The van der Waals surface area contributed by atoms with Gasteiger partial charge >= 0.3 is 0 Å². The normalized spacial score (nSPS) is 19.4. The van der Waals surface area contributed by atoms with E-state index in [9.17, 15) is 0 Å². The van der Waals surface area contributed by atoms with Crippen LogP contribution in [-0.4, -0.2) is 22.8 Å². The Hall–Kier alpha value is -2.61. The first-order valence-electron chi connectivity index (χ1n) is 8.73. The van der Waals surface area contributed by atoms with E-state index in [1.165, 1.54) is 27.8 Å². The van der Waals surface area contributed by atoms with Gasteiger partial charge in [0.15, 0.2) is 0 Å². The second-order valence-electron chi connectivity index (χ2n) is 7.28. The summed E-state index contributed by atoms with van der Waals surface area (Å²) in [7, 11) is 0. The van der Waals surface area contributed by atoms with E-state index in [4.69, 9.17) is 0 Å². The zero-order valence-electron chi connectivity index (χ0n) is 15.6. The highest BCUT2D eigenvalue weighted by Crippen LogP contribution is 2.32. The summed E-state index contributed by atoms with van der Waals surface area (Å²) < 4.78 is 0. The van der Waals surface area contributed by atoms with Gasteiger partial charge in [0.05, 0.1) is 12.1 Å². The monoisotopic (exact) mass is 330 g/mol. The number of hydrogen-bond donors (Lipinski definition) is 0. The maximum Gasteiger partial charge on any atom is 0.128 e. The molecule has 2 heterocycles. The lowest BCUT2D eigenvalue weighted by molar-refractivity contribution is 0.320. The van der Waals surface area contributed by atoms with E-state index in [1.807, 2.05) is 12.2 Å². The first kappa shape index (κ1) is 17.2. The third kappa shape index (κ3) is 3.43. The molecule has 2 heteroatoms. The molecule has 0 unspecified atom stereocenters. The molecule has 2 aliphatic heterocycles. The topological polar surface area (TPSA) is 15.6 Å². The van der Waals surface area contributed by atoms with E-state index in [0.717, 1.165) is 12.4 Å². The number of aryl methyl sites for hydroxylation is 1. The molecule has 0 aromatic heterocycles. The third-order valence-electron chi connectivity index (χ3n) is 4.77. The van der Waals surface area contributed by atoms with Crippen LogP contribution in [0.3, 0.4) is 0 Å². The lowest BCUT2D eigenvalue weighted by atomic mass is 9.93. The maximum atomic E-state index is 4.64. The summed E-state index contributed by atoms with van der Waals surface area (Å²) in [6.45, 7) is 13.4. The van der Waals surface area contributed by atoms with Crippen molar-refractivity contribution >= 4 is 11.4 Å². The number of amidine groups is 1. The van der Waals surface area contributed by atoms with Crippen molar-refractivity contribution < 1.29 is 0 Å². The molecule has 2 nitrogen and oxygen atoms in total. The molecule has 2 aliphatic rings. The summed E-state index contributed by atoms with van der Waals surface area (Å²) >= 11 is 0. The number of fused-ring (bicyclic) bond motifs is 1. The molecule has 0 atom stereocenters. The highest BCUT2D eigenvalue weighted by molar-refractivity contribution is 5.98. The van der Waals surface area contributed by atoms with Crippen molar-refractivity contribution in [2.45, 2.75) is 33.2 Å². The first-order valence-corrected chi connectivity index (χ1v) is 8.73. The largest absolute Gasteiger partial charge is 0.325 e. The molecule has 0 radical (unpaired) electrons. The fraction of sp³-hybridized carbons (Fsp3) is 0.261. The van der Waals surface area contributed by atoms with Crippen LogP contribution >= 0.6 is 0 Å². The van der Waals surface area contributed by atoms with Crippen LogP contribution in [0.2, 0.25) is 0 Å². The number of aliphatic imine (C=N–C) groups is 1. The highest BCUT2D eigenvalue weighted by Gasteiger charge is 2.34. The predicted octanol–water partition coefficient (Wildman–Crippen LogP) is 5.46. The fourth-order valence-corrected chi connectivity index (χ4v) is 3.25. The number of rotatable bonds is 4.